The molecule has 1 N–H and O–H groups in total. The Hall–Kier alpha value is -1.92. The summed E-state index contributed by atoms with van der Waals surface area (Å²) in [6, 6.07) is 0. The highest BCUT2D eigenvalue weighted by molar-refractivity contribution is 5.88. The van der Waals surface area contributed by atoms with Crippen LogP contribution in [0.25, 0.3) is 0 Å². The molecule has 1 aromatic rings. The lowest BCUT2D eigenvalue weighted by Crippen LogP contribution is -2.23. The summed E-state index contributed by atoms with van der Waals surface area (Å²) < 4.78 is 6.71. The van der Waals surface area contributed by atoms with Gasteiger partial charge in [-0.05, 0) is 13.3 Å². The molecule has 0 aliphatic heterocycles. The van der Waals surface area contributed by atoms with E-state index in [-0.39, 0.29) is 17.0 Å². The van der Waals surface area contributed by atoms with Gasteiger partial charge < -0.3 is 10.1 Å². The van der Waals surface area contributed by atoms with Crippen molar-refractivity contribution in [2.24, 2.45) is 0 Å². The molecule has 1 amide bonds. The predicted molar refractivity (Wildman–Crippen MR) is 78.0 cm³/mol. The van der Waals surface area contributed by atoms with E-state index in [1.165, 1.54) is 0 Å². The van der Waals surface area contributed by atoms with Crippen molar-refractivity contribution in [3.05, 3.63) is 11.4 Å². The zero-order valence-electron chi connectivity index (χ0n) is 13.4. The summed E-state index contributed by atoms with van der Waals surface area (Å²) in [6.45, 7) is 8.55. The summed E-state index contributed by atoms with van der Waals surface area (Å²) in [7, 11) is 1.61. The number of nitrogens with one attached hydrogen (secondary N) is 1. The zero-order chi connectivity index (χ0) is 16.0. The fourth-order valence-electron chi connectivity index (χ4n) is 2.06. The Labute approximate surface area is 125 Å². The number of amides is 1. The molecule has 0 bridgehead atoms. The third kappa shape index (κ3) is 4.54. The molecule has 0 radical (unpaired) electrons. The average Bonchev–Trinajstić information content (AvgIpc) is 2.82. The molecule has 7 nitrogen and oxygen atoms in total. The summed E-state index contributed by atoms with van der Waals surface area (Å²) in [4.78, 5) is 23.2. The molecule has 0 spiro atoms. The summed E-state index contributed by atoms with van der Waals surface area (Å²) in [5.41, 5.74) is 0.695. The fourth-order valence-corrected chi connectivity index (χ4v) is 2.06. The lowest BCUT2D eigenvalue weighted by Gasteiger charge is -2.20. The highest BCUT2D eigenvalue weighted by atomic mass is 16.5. The monoisotopic (exact) mass is 296 g/mol. The number of aryl methyl sites for hydroxylation is 1. The van der Waals surface area contributed by atoms with E-state index in [4.69, 9.17) is 4.74 Å². The number of carbonyl (C=O) groups excluding carboxylic acids is 2. The molecular weight excluding hydrogens is 272 g/mol. The van der Waals surface area contributed by atoms with Gasteiger partial charge in [-0.25, -0.2) is 9.48 Å². The highest BCUT2D eigenvalue weighted by Crippen LogP contribution is 2.25. The first-order chi connectivity index (χ1) is 9.81. The first-order valence-corrected chi connectivity index (χ1v) is 7.13. The molecule has 0 saturated carbocycles. The van der Waals surface area contributed by atoms with Gasteiger partial charge in [-0.1, -0.05) is 26.0 Å². The minimum Gasteiger partial charge on any atom is -0.461 e. The number of aromatic nitrogens is 3. The van der Waals surface area contributed by atoms with Crippen LogP contribution >= 0.6 is 0 Å². The first-order valence-electron chi connectivity index (χ1n) is 7.13. The summed E-state index contributed by atoms with van der Waals surface area (Å²) >= 11 is 0. The lowest BCUT2D eigenvalue weighted by molar-refractivity contribution is -0.120. The van der Waals surface area contributed by atoms with E-state index in [9.17, 15) is 9.59 Å². The summed E-state index contributed by atoms with van der Waals surface area (Å²) in [5.74, 6) is -0.474. The van der Waals surface area contributed by atoms with Crippen LogP contribution in [0.1, 0.15) is 56.7 Å². The fraction of sp³-hybridized carbons (Fsp3) is 0.714. The van der Waals surface area contributed by atoms with Crippen LogP contribution in [0.15, 0.2) is 0 Å². The minimum atomic E-state index is -0.458. The van der Waals surface area contributed by atoms with Gasteiger partial charge in [-0.3, -0.25) is 4.79 Å². The van der Waals surface area contributed by atoms with Crippen molar-refractivity contribution < 1.29 is 14.3 Å². The SMILES string of the molecule is CCOC(=O)c1nnn(CCCC(=O)NC)c1C(C)(C)C. The van der Waals surface area contributed by atoms with Gasteiger partial charge in [0.1, 0.15) is 0 Å². The third-order valence-corrected chi connectivity index (χ3v) is 2.97. The number of hydrogen-bond acceptors (Lipinski definition) is 5. The molecule has 0 aliphatic carbocycles. The van der Waals surface area contributed by atoms with Crippen LogP contribution in [-0.2, 0) is 21.5 Å². The molecule has 7 heteroatoms. The number of ether oxygens (including phenoxy) is 1. The third-order valence-electron chi connectivity index (χ3n) is 2.97. The molecule has 118 valence electrons. The molecular formula is C14H24N4O3. The maximum Gasteiger partial charge on any atom is 0.360 e. The Morgan fingerprint density at radius 1 is 1.33 bits per heavy atom. The van der Waals surface area contributed by atoms with Crippen molar-refractivity contribution in [1.29, 1.82) is 0 Å². The Balaban J connectivity index is 2.94. The maximum atomic E-state index is 12.0. The molecule has 21 heavy (non-hydrogen) atoms. The van der Waals surface area contributed by atoms with Gasteiger partial charge in [0.05, 0.1) is 12.3 Å². The van der Waals surface area contributed by atoms with E-state index in [2.05, 4.69) is 15.6 Å². The molecule has 1 rings (SSSR count). The lowest BCUT2D eigenvalue weighted by atomic mass is 9.90. The van der Waals surface area contributed by atoms with Gasteiger partial charge in [0, 0.05) is 25.4 Å². The summed E-state index contributed by atoms with van der Waals surface area (Å²) in [5, 5.41) is 10.6. The van der Waals surface area contributed by atoms with Gasteiger partial charge >= 0.3 is 5.97 Å². The van der Waals surface area contributed by atoms with Gasteiger partial charge in [-0.2, -0.15) is 0 Å². The van der Waals surface area contributed by atoms with Crippen LogP contribution in [0.5, 0.6) is 0 Å². The summed E-state index contributed by atoms with van der Waals surface area (Å²) in [6.07, 6.45) is 1.04. The maximum absolute atomic E-state index is 12.0. The van der Waals surface area contributed by atoms with Crippen LogP contribution in [-0.4, -0.2) is 40.5 Å². The standard InChI is InChI=1S/C14H24N4O3/c1-6-21-13(20)11-12(14(2,3)4)18(17-16-11)9-7-8-10(19)15-5/h6-9H2,1-5H3,(H,15,19). The van der Waals surface area contributed by atoms with E-state index in [1.54, 1.807) is 18.7 Å². The highest BCUT2D eigenvalue weighted by Gasteiger charge is 2.29. The van der Waals surface area contributed by atoms with Crippen LogP contribution in [0.4, 0.5) is 0 Å². The van der Waals surface area contributed by atoms with Gasteiger partial charge in [0.15, 0.2) is 5.69 Å². The Morgan fingerprint density at radius 3 is 2.52 bits per heavy atom. The zero-order valence-corrected chi connectivity index (χ0v) is 13.4. The molecule has 0 saturated heterocycles. The molecule has 0 atom stereocenters. The Morgan fingerprint density at radius 2 is 2.00 bits per heavy atom. The molecule has 1 aromatic heterocycles. The predicted octanol–water partition coefficient (Wildman–Crippen LogP) is 1.28. The number of carbonyl (C=O) groups is 2. The number of nitrogens with zero attached hydrogens (tertiary/aromatic N) is 3. The second kappa shape index (κ2) is 7.19. The van der Waals surface area contributed by atoms with Crippen molar-refractivity contribution >= 4 is 11.9 Å². The quantitative estimate of drug-likeness (QED) is 0.799. The van der Waals surface area contributed by atoms with Crippen LogP contribution in [0.3, 0.4) is 0 Å². The van der Waals surface area contributed by atoms with Crippen molar-refractivity contribution in [2.75, 3.05) is 13.7 Å². The molecule has 1 heterocycles. The number of hydrogen-bond donors (Lipinski definition) is 1. The van der Waals surface area contributed by atoms with E-state index in [0.717, 1.165) is 5.69 Å². The minimum absolute atomic E-state index is 0.0157. The van der Waals surface area contributed by atoms with E-state index in [1.807, 2.05) is 20.8 Å². The van der Waals surface area contributed by atoms with E-state index < -0.39 is 5.97 Å². The average molecular weight is 296 g/mol. The topological polar surface area (TPSA) is 86.1 Å². The van der Waals surface area contributed by atoms with Crippen molar-refractivity contribution in [3.63, 3.8) is 0 Å². The second-order valence-corrected chi connectivity index (χ2v) is 5.76. The van der Waals surface area contributed by atoms with Gasteiger partial charge in [0.2, 0.25) is 5.91 Å². The van der Waals surface area contributed by atoms with Crippen molar-refractivity contribution in [3.8, 4) is 0 Å². The molecule has 0 aliphatic rings. The number of esters is 1. The molecule has 0 unspecified atom stereocenters. The number of rotatable bonds is 6. The van der Waals surface area contributed by atoms with Crippen LogP contribution in [0, 0.1) is 0 Å². The van der Waals surface area contributed by atoms with E-state index in [0.29, 0.717) is 26.0 Å². The smallest absolute Gasteiger partial charge is 0.360 e. The second-order valence-electron chi connectivity index (χ2n) is 5.76. The Bertz CT molecular complexity index is 503. The van der Waals surface area contributed by atoms with Crippen LogP contribution in [0.2, 0.25) is 0 Å². The molecule has 0 aromatic carbocycles. The van der Waals surface area contributed by atoms with E-state index >= 15 is 0 Å². The van der Waals surface area contributed by atoms with Crippen LogP contribution < -0.4 is 5.32 Å². The van der Waals surface area contributed by atoms with Crippen molar-refractivity contribution in [2.45, 2.75) is 52.5 Å². The van der Waals surface area contributed by atoms with Gasteiger partial charge in [-0.15, -0.1) is 5.10 Å². The normalized spacial score (nSPS) is 11.3. The van der Waals surface area contributed by atoms with Gasteiger partial charge in [0.25, 0.3) is 0 Å². The Kier molecular flexibility index (Phi) is 5.87. The largest absolute Gasteiger partial charge is 0.461 e. The van der Waals surface area contributed by atoms with Crippen molar-refractivity contribution in [1.82, 2.24) is 20.3 Å². The molecule has 0 fully saturated rings. The first kappa shape index (κ1) is 17.1.